The van der Waals surface area contributed by atoms with E-state index in [-0.39, 0.29) is 18.2 Å². The average Bonchev–Trinajstić information content (AvgIpc) is 2.36. The van der Waals surface area contributed by atoms with Gasteiger partial charge < -0.3 is 10.1 Å². The van der Waals surface area contributed by atoms with Gasteiger partial charge in [0.1, 0.15) is 5.75 Å². The van der Waals surface area contributed by atoms with Crippen LogP contribution < -0.4 is 10.1 Å². The van der Waals surface area contributed by atoms with E-state index < -0.39 is 19.2 Å². The van der Waals surface area contributed by atoms with Crippen molar-refractivity contribution in [2.75, 3.05) is 6.54 Å². The van der Waals surface area contributed by atoms with Crippen molar-refractivity contribution in [1.29, 1.82) is 0 Å². The zero-order valence-electron chi connectivity index (χ0n) is 11.6. The molecule has 21 heavy (non-hydrogen) atoms. The SMILES string of the molecule is CCNC(CCCC(F)(F)F)c1ccc(OC(F)F)cc1. The van der Waals surface area contributed by atoms with Crippen molar-refractivity contribution in [2.24, 2.45) is 0 Å². The van der Waals surface area contributed by atoms with Crippen LogP contribution in [0.3, 0.4) is 0 Å². The van der Waals surface area contributed by atoms with E-state index in [1.165, 1.54) is 12.1 Å². The normalized spacial score (nSPS) is 13.5. The molecule has 0 saturated heterocycles. The second-order valence-corrected chi connectivity index (χ2v) is 4.57. The Bertz CT molecular complexity index is 405. The summed E-state index contributed by atoms with van der Waals surface area (Å²) in [6.45, 7) is -0.441. The van der Waals surface area contributed by atoms with Crippen LogP contribution in [-0.2, 0) is 0 Å². The predicted molar refractivity (Wildman–Crippen MR) is 69.4 cm³/mol. The lowest BCUT2D eigenvalue weighted by Gasteiger charge is -2.19. The summed E-state index contributed by atoms with van der Waals surface area (Å²) >= 11 is 0. The molecule has 1 atom stereocenters. The molecule has 0 aliphatic rings. The molecule has 1 aromatic carbocycles. The lowest BCUT2D eigenvalue weighted by Crippen LogP contribution is -2.21. The van der Waals surface area contributed by atoms with Crippen molar-refractivity contribution < 1.29 is 26.7 Å². The number of halogens is 5. The molecule has 0 aliphatic heterocycles. The molecule has 120 valence electrons. The second-order valence-electron chi connectivity index (χ2n) is 4.57. The first kappa shape index (κ1) is 17.7. The summed E-state index contributed by atoms with van der Waals surface area (Å²) in [5.74, 6) is 0.0271. The number of nitrogens with one attached hydrogen (secondary N) is 1. The highest BCUT2D eigenvalue weighted by atomic mass is 19.4. The minimum Gasteiger partial charge on any atom is -0.435 e. The molecular weight excluding hydrogens is 293 g/mol. The molecule has 0 fully saturated rings. The van der Waals surface area contributed by atoms with Crippen molar-refractivity contribution in [1.82, 2.24) is 5.32 Å². The molecular formula is C14H18F5NO. The smallest absolute Gasteiger partial charge is 0.389 e. The van der Waals surface area contributed by atoms with Crippen LogP contribution in [0.4, 0.5) is 22.0 Å². The zero-order valence-corrected chi connectivity index (χ0v) is 11.6. The average molecular weight is 311 g/mol. The van der Waals surface area contributed by atoms with Crippen molar-refractivity contribution in [3.63, 3.8) is 0 Å². The molecule has 1 aromatic rings. The molecule has 1 rings (SSSR count). The van der Waals surface area contributed by atoms with Crippen LogP contribution in [0.15, 0.2) is 24.3 Å². The highest BCUT2D eigenvalue weighted by molar-refractivity contribution is 5.29. The Kier molecular flexibility index (Phi) is 6.87. The Labute approximate surface area is 120 Å². The third-order valence-electron chi connectivity index (χ3n) is 2.91. The van der Waals surface area contributed by atoms with Crippen LogP contribution in [0.1, 0.15) is 37.8 Å². The van der Waals surface area contributed by atoms with Crippen LogP contribution >= 0.6 is 0 Å². The first-order valence-corrected chi connectivity index (χ1v) is 6.66. The van der Waals surface area contributed by atoms with Gasteiger partial charge in [0.05, 0.1) is 0 Å². The Morgan fingerprint density at radius 3 is 2.24 bits per heavy atom. The molecule has 2 nitrogen and oxygen atoms in total. The van der Waals surface area contributed by atoms with E-state index >= 15 is 0 Å². The first-order chi connectivity index (χ1) is 9.81. The van der Waals surface area contributed by atoms with E-state index in [1.807, 2.05) is 6.92 Å². The maximum Gasteiger partial charge on any atom is 0.389 e. The quantitative estimate of drug-likeness (QED) is 0.704. The van der Waals surface area contributed by atoms with Gasteiger partial charge >= 0.3 is 12.8 Å². The largest absolute Gasteiger partial charge is 0.435 e. The lowest BCUT2D eigenvalue weighted by molar-refractivity contribution is -0.135. The fourth-order valence-corrected chi connectivity index (χ4v) is 2.02. The third kappa shape index (κ3) is 7.27. The Morgan fingerprint density at radius 2 is 1.76 bits per heavy atom. The van der Waals surface area contributed by atoms with E-state index in [0.29, 0.717) is 13.0 Å². The van der Waals surface area contributed by atoms with Gasteiger partial charge in [-0.1, -0.05) is 19.1 Å². The van der Waals surface area contributed by atoms with Crippen molar-refractivity contribution in [2.45, 2.75) is 45.0 Å². The monoisotopic (exact) mass is 311 g/mol. The fourth-order valence-electron chi connectivity index (χ4n) is 2.02. The topological polar surface area (TPSA) is 21.3 Å². The molecule has 0 saturated carbocycles. The highest BCUT2D eigenvalue weighted by Gasteiger charge is 2.26. The summed E-state index contributed by atoms with van der Waals surface area (Å²) < 4.78 is 64.8. The molecule has 0 bridgehead atoms. The summed E-state index contributed by atoms with van der Waals surface area (Å²) in [6, 6.07) is 5.69. The van der Waals surface area contributed by atoms with Gasteiger partial charge in [-0.15, -0.1) is 0 Å². The number of ether oxygens (including phenoxy) is 1. The van der Waals surface area contributed by atoms with Gasteiger partial charge in [-0.2, -0.15) is 22.0 Å². The predicted octanol–water partition coefficient (Wildman–Crippen LogP) is 4.67. The number of rotatable bonds is 8. The van der Waals surface area contributed by atoms with E-state index in [2.05, 4.69) is 10.1 Å². The minimum atomic E-state index is -4.16. The Balaban J connectivity index is 2.62. The van der Waals surface area contributed by atoms with Gasteiger partial charge in [0.2, 0.25) is 0 Å². The number of alkyl halides is 5. The van der Waals surface area contributed by atoms with Crippen LogP contribution in [0.25, 0.3) is 0 Å². The van der Waals surface area contributed by atoms with Gasteiger partial charge in [-0.3, -0.25) is 0 Å². The lowest BCUT2D eigenvalue weighted by atomic mass is 10.0. The second kappa shape index (κ2) is 8.17. The van der Waals surface area contributed by atoms with Crippen molar-refractivity contribution in [3.05, 3.63) is 29.8 Å². The van der Waals surface area contributed by atoms with E-state index in [4.69, 9.17) is 0 Å². The Morgan fingerprint density at radius 1 is 1.14 bits per heavy atom. The van der Waals surface area contributed by atoms with Crippen molar-refractivity contribution >= 4 is 0 Å². The molecule has 0 heterocycles. The maximum atomic E-state index is 12.2. The van der Waals surface area contributed by atoms with Crippen LogP contribution in [0, 0.1) is 0 Å². The summed E-state index contributed by atoms with van der Waals surface area (Å²) in [4.78, 5) is 0. The minimum absolute atomic E-state index is 0.0104. The molecule has 1 N–H and O–H groups in total. The first-order valence-electron chi connectivity index (χ1n) is 6.66. The van der Waals surface area contributed by atoms with Crippen LogP contribution in [0.2, 0.25) is 0 Å². The van der Waals surface area contributed by atoms with Gasteiger partial charge in [-0.25, -0.2) is 0 Å². The molecule has 7 heteroatoms. The highest BCUT2D eigenvalue weighted by Crippen LogP contribution is 2.27. The van der Waals surface area contributed by atoms with Gasteiger partial charge in [-0.05, 0) is 37.1 Å². The van der Waals surface area contributed by atoms with Gasteiger partial charge in [0.25, 0.3) is 0 Å². The van der Waals surface area contributed by atoms with Crippen LogP contribution in [0.5, 0.6) is 5.75 Å². The molecule has 0 spiro atoms. The van der Waals surface area contributed by atoms with E-state index in [9.17, 15) is 22.0 Å². The zero-order chi connectivity index (χ0) is 15.9. The molecule has 0 amide bonds. The van der Waals surface area contributed by atoms with E-state index in [1.54, 1.807) is 12.1 Å². The number of hydrogen-bond acceptors (Lipinski definition) is 2. The summed E-state index contributed by atoms with van der Waals surface area (Å²) in [7, 11) is 0. The molecule has 0 aliphatic carbocycles. The maximum absolute atomic E-state index is 12.2. The van der Waals surface area contributed by atoms with Gasteiger partial charge in [0.15, 0.2) is 0 Å². The number of hydrogen-bond donors (Lipinski definition) is 1. The van der Waals surface area contributed by atoms with Crippen molar-refractivity contribution in [3.8, 4) is 5.75 Å². The van der Waals surface area contributed by atoms with E-state index in [0.717, 1.165) is 5.56 Å². The molecule has 0 radical (unpaired) electrons. The summed E-state index contributed by atoms with van der Waals surface area (Å²) in [5.41, 5.74) is 0.751. The van der Waals surface area contributed by atoms with Gasteiger partial charge in [0, 0.05) is 12.5 Å². The third-order valence-corrected chi connectivity index (χ3v) is 2.91. The summed E-state index contributed by atoms with van der Waals surface area (Å²) in [5, 5.41) is 3.09. The fraction of sp³-hybridized carbons (Fsp3) is 0.571. The molecule has 1 unspecified atom stereocenters. The van der Waals surface area contributed by atoms with Crippen LogP contribution in [-0.4, -0.2) is 19.3 Å². The standard InChI is InChI=1S/C14H18F5NO/c1-2-20-12(4-3-9-14(17,18)19)10-5-7-11(8-6-10)21-13(15)16/h5-8,12-13,20H,2-4,9H2,1H3. The Hall–Kier alpha value is -1.37. The number of benzene rings is 1. The molecule has 0 aromatic heterocycles. The summed E-state index contributed by atoms with van der Waals surface area (Å²) in [6.07, 6.45) is -4.66.